The molecule has 0 aromatic heterocycles. The Balaban J connectivity index is 1.52. The van der Waals surface area contributed by atoms with Crippen LogP contribution in [-0.2, 0) is 33.5 Å². The molecule has 0 fully saturated rings. The molecule has 1 heterocycles. The summed E-state index contributed by atoms with van der Waals surface area (Å²) < 4.78 is 40.9. The van der Waals surface area contributed by atoms with Gasteiger partial charge in [-0.1, -0.05) is 66.2 Å². The van der Waals surface area contributed by atoms with Gasteiger partial charge in [0.1, 0.15) is 12.1 Å². The molecule has 0 spiro atoms. The molecule has 4 N–H and O–H groups in total. The van der Waals surface area contributed by atoms with Crippen LogP contribution in [0.4, 0.5) is 18.9 Å². The van der Waals surface area contributed by atoms with Crippen LogP contribution in [0.1, 0.15) is 51.9 Å². The van der Waals surface area contributed by atoms with Gasteiger partial charge >= 0.3 is 6.18 Å². The maximum Gasteiger partial charge on any atom is 0.418 e. The number of hydrogen-bond acceptors (Lipinski definition) is 5. The number of anilines is 1. The number of fused-ring (bicyclic) bond motifs is 1. The summed E-state index contributed by atoms with van der Waals surface area (Å²) in [5, 5.41) is 4.90. The molecule has 0 radical (unpaired) electrons. The molecule has 2 atom stereocenters. The number of rotatable bonds is 10. The summed E-state index contributed by atoms with van der Waals surface area (Å²) in [4.78, 5) is 54.2. The number of halogens is 3. The second-order valence-corrected chi connectivity index (χ2v) is 10.5. The number of benzene rings is 3. The van der Waals surface area contributed by atoms with Crippen molar-refractivity contribution in [3.63, 3.8) is 0 Å². The summed E-state index contributed by atoms with van der Waals surface area (Å²) in [5.74, 6) is -2.13. The van der Waals surface area contributed by atoms with E-state index in [2.05, 4.69) is 10.6 Å². The lowest BCUT2D eigenvalue weighted by Crippen LogP contribution is -2.56. The number of carbonyl (C=O) groups is 4. The van der Waals surface area contributed by atoms with E-state index in [9.17, 15) is 32.3 Å². The Labute approximate surface area is 247 Å². The zero-order valence-electron chi connectivity index (χ0n) is 23.6. The average molecular weight is 595 g/mol. The van der Waals surface area contributed by atoms with E-state index in [4.69, 9.17) is 5.73 Å². The highest BCUT2D eigenvalue weighted by molar-refractivity contribution is 6.00. The van der Waals surface area contributed by atoms with Crippen molar-refractivity contribution in [3.05, 3.63) is 101 Å². The highest BCUT2D eigenvalue weighted by Crippen LogP contribution is 2.35. The maximum atomic E-state index is 13.6. The van der Waals surface area contributed by atoms with Crippen molar-refractivity contribution in [1.29, 1.82) is 0 Å². The predicted octanol–water partition coefficient (Wildman–Crippen LogP) is 4.40. The van der Waals surface area contributed by atoms with E-state index in [1.54, 1.807) is 30.3 Å². The van der Waals surface area contributed by atoms with E-state index in [1.165, 1.54) is 17.9 Å². The second kappa shape index (κ2) is 13.6. The van der Waals surface area contributed by atoms with Crippen molar-refractivity contribution in [1.82, 2.24) is 10.2 Å². The van der Waals surface area contributed by atoms with Gasteiger partial charge in [0, 0.05) is 31.4 Å². The zero-order valence-corrected chi connectivity index (χ0v) is 23.6. The third-order valence-corrected chi connectivity index (χ3v) is 7.36. The van der Waals surface area contributed by atoms with E-state index in [0.717, 1.165) is 23.3 Å². The summed E-state index contributed by atoms with van der Waals surface area (Å²) in [5.41, 5.74) is 6.78. The highest BCUT2D eigenvalue weighted by atomic mass is 19.4. The average Bonchev–Trinajstić information content (AvgIpc) is 2.99. The number of nitrogens with one attached hydrogen (secondary N) is 2. The maximum absolute atomic E-state index is 13.6. The lowest BCUT2D eigenvalue weighted by atomic mass is 9.92. The van der Waals surface area contributed by atoms with Crippen LogP contribution >= 0.6 is 0 Å². The molecule has 0 aliphatic carbocycles. The van der Waals surface area contributed by atoms with Gasteiger partial charge in [0.05, 0.1) is 11.3 Å². The van der Waals surface area contributed by atoms with Crippen LogP contribution in [0, 0.1) is 6.92 Å². The van der Waals surface area contributed by atoms with Crippen LogP contribution in [0.3, 0.4) is 0 Å². The Bertz CT molecular complexity index is 1490. The van der Waals surface area contributed by atoms with E-state index in [-0.39, 0.29) is 44.6 Å². The minimum Gasteiger partial charge on any atom is -0.342 e. The number of carbonyl (C=O) groups excluding carboxylic acids is 4. The summed E-state index contributed by atoms with van der Waals surface area (Å²) in [6.45, 7) is 1.60. The summed E-state index contributed by atoms with van der Waals surface area (Å²) >= 11 is 0. The smallest absolute Gasteiger partial charge is 0.342 e. The molecule has 8 nitrogen and oxygen atoms in total. The Morgan fingerprint density at radius 3 is 2.30 bits per heavy atom. The standard InChI is InChI=1S/C32H33F3N4O4/c1-20-11-12-25(24(17-20)32(33,34)35)37-30(42)26(15-16-36)38-31(43)27-18-22-9-5-6-10-23(22)19-39(27)29(41)14-13-28(40)21-7-3-2-4-8-21/h2-12,17,26-27H,13-16,18-19,36H2,1H3,(H,37,42)(H,38,43)/t26-,27-/m0/s1. The van der Waals surface area contributed by atoms with Crippen molar-refractivity contribution >= 4 is 29.2 Å². The summed E-state index contributed by atoms with van der Waals surface area (Å²) in [6.07, 6.45) is -4.77. The number of nitrogens with two attached hydrogens (primary N) is 1. The lowest BCUT2D eigenvalue weighted by molar-refractivity contribution is -0.142. The van der Waals surface area contributed by atoms with Gasteiger partial charge in [0.2, 0.25) is 17.7 Å². The molecule has 11 heteroatoms. The van der Waals surface area contributed by atoms with Crippen molar-refractivity contribution < 1.29 is 32.3 Å². The fourth-order valence-electron chi connectivity index (χ4n) is 5.08. The van der Waals surface area contributed by atoms with Gasteiger partial charge in [-0.05, 0) is 43.1 Å². The molecule has 226 valence electrons. The van der Waals surface area contributed by atoms with Gasteiger partial charge in [0.15, 0.2) is 5.78 Å². The summed E-state index contributed by atoms with van der Waals surface area (Å²) in [6, 6.07) is 17.2. The van der Waals surface area contributed by atoms with E-state index < -0.39 is 47.2 Å². The first-order valence-corrected chi connectivity index (χ1v) is 13.9. The SMILES string of the molecule is Cc1ccc(NC(=O)[C@H](CCN)NC(=O)[C@@H]2Cc3ccccc3CN2C(=O)CCC(=O)c2ccccc2)c(C(F)(F)F)c1. The molecule has 3 aromatic rings. The molecule has 3 aromatic carbocycles. The van der Waals surface area contributed by atoms with Crippen LogP contribution in [0.2, 0.25) is 0 Å². The topological polar surface area (TPSA) is 122 Å². The molecule has 3 amide bonds. The number of hydrogen-bond donors (Lipinski definition) is 3. The minimum absolute atomic E-state index is 0.0316. The van der Waals surface area contributed by atoms with Gasteiger partial charge in [-0.3, -0.25) is 19.2 Å². The zero-order chi connectivity index (χ0) is 31.1. The Morgan fingerprint density at radius 2 is 1.63 bits per heavy atom. The van der Waals surface area contributed by atoms with Crippen molar-refractivity contribution in [3.8, 4) is 0 Å². The fraction of sp³-hybridized carbons (Fsp3) is 0.312. The molecule has 0 saturated carbocycles. The molecule has 1 aliphatic rings. The molecule has 0 saturated heterocycles. The van der Waals surface area contributed by atoms with Gasteiger partial charge in [-0.2, -0.15) is 13.2 Å². The van der Waals surface area contributed by atoms with Gasteiger partial charge in [-0.15, -0.1) is 0 Å². The van der Waals surface area contributed by atoms with Crippen molar-refractivity contribution in [2.75, 3.05) is 11.9 Å². The quantitative estimate of drug-likeness (QED) is 0.301. The van der Waals surface area contributed by atoms with Gasteiger partial charge in [-0.25, -0.2) is 0 Å². The number of nitrogens with zero attached hydrogens (tertiary/aromatic N) is 1. The van der Waals surface area contributed by atoms with Crippen molar-refractivity contribution in [2.24, 2.45) is 5.73 Å². The molecule has 0 bridgehead atoms. The third kappa shape index (κ3) is 7.86. The van der Waals surface area contributed by atoms with Crippen LogP contribution in [-0.4, -0.2) is 47.0 Å². The largest absolute Gasteiger partial charge is 0.418 e. The molecular formula is C32H33F3N4O4. The monoisotopic (exact) mass is 594 g/mol. The first kappa shape index (κ1) is 31.4. The third-order valence-electron chi connectivity index (χ3n) is 7.36. The number of alkyl halides is 3. The lowest BCUT2D eigenvalue weighted by Gasteiger charge is -2.36. The van der Waals surface area contributed by atoms with Crippen LogP contribution in [0.15, 0.2) is 72.8 Å². The van der Waals surface area contributed by atoms with Crippen LogP contribution in [0.25, 0.3) is 0 Å². The molecular weight excluding hydrogens is 561 g/mol. The predicted molar refractivity (Wildman–Crippen MR) is 155 cm³/mol. The molecule has 1 aliphatic heterocycles. The minimum atomic E-state index is -4.71. The Hall–Kier alpha value is -4.51. The molecule has 4 rings (SSSR count). The number of aryl methyl sites for hydroxylation is 1. The highest BCUT2D eigenvalue weighted by Gasteiger charge is 2.37. The van der Waals surface area contributed by atoms with Gasteiger partial charge < -0.3 is 21.3 Å². The Kier molecular flexibility index (Phi) is 9.97. The van der Waals surface area contributed by atoms with Crippen LogP contribution in [0.5, 0.6) is 0 Å². The molecule has 0 unspecified atom stereocenters. The number of Topliss-reactive ketones (excluding diaryl/α,β-unsaturated/α-hetero) is 1. The number of amides is 3. The first-order valence-electron chi connectivity index (χ1n) is 13.9. The second-order valence-electron chi connectivity index (χ2n) is 10.5. The summed E-state index contributed by atoms with van der Waals surface area (Å²) in [7, 11) is 0. The van der Waals surface area contributed by atoms with Crippen molar-refractivity contribution in [2.45, 2.75) is 57.4 Å². The van der Waals surface area contributed by atoms with E-state index in [1.807, 2.05) is 24.3 Å². The molecule has 43 heavy (non-hydrogen) atoms. The van der Waals surface area contributed by atoms with E-state index >= 15 is 0 Å². The first-order chi connectivity index (χ1) is 20.5. The van der Waals surface area contributed by atoms with Gasteiger partial charge in [0.25, 0.3) is 0 Å². The normalized spacial score (nSPS) is 15.3. The fourth-order valence-corrected chi connectivity index (χ4v) is 5.08. The Morgan fingerprint density at radius 1 is 0.953 bits per heavy atom. The van der Waals surface area contributed by atoms with E-state index in [0.29, 0.717) is 11.1 Å². The number of ketones is 1. The van der Waals surface area contributed by atoms with Crippen LogP contribution < -0.4 is 16.4 Å².